The van der Waals surface area contributed by atoms with Crippen molar-refractivity contribution >= 4 is 34.4 Å². The van der Waals surface area contributed by atoms with Crippen LogP contribution in [-0.4, -0.2) is 9.91 Å². The van der Waals surface area contributed by atoms with Gasteiger partial charge in [0.2, 0.25) is 0 Å². The van der Waals surface area contributed by atoms with Crippen molar-refractivity contribution in [2.75, 3.05) is 5.73 Å². The minimum Gasteiger partial charge on any atom is -0.384 e. The van der Waals surface area contributed by atoms with Crippen molar-refractivity contribution in [2.45, 2.75) is 0 Å². The summed E-state index contributed by atoms with van der Waals surface area (Å²) >= 11 is 7.00. The van der Waals surface area contributed by atoms with Gasteiger partial charge in [0.05, 0.1) is 14.1 Å². The number of anilines is 1. The number of rotatable bonds is 2. The molecule has 82 valence electrons. The molecule has 0 aromatic carbocycles. The number of nitrogens with zero attached hydrogens (tertiary/aromatic N) is 2. The molecule has 5 nitrogen and oxygen atoms in total. The zero-order valence-corrected chi connectivity index (χ0v) is 9.46. The predicted octanol–water partition coefficient (Wildman–Crippen LogP) is 2.95. The Morgan fingerprint density at radius 1 is 1.38 bits per heavy atom. The van der Waals surface area contributed by atoms with E-state index in [0.717, 1.165) is 0 Å². The minimum atomic E-state index is -0.491. The van der Waals surface area contributed by atoms with Crippen LogP contribution >= 0.6 is 22.9 Å². The van der Waals surface area contributed by atoms with Gasteiger partial charge in [-0.3, -0.25) is 10.1 Å². The zero-order chi connectivity index (χ0) is 11.7. The van der Waals surface area contributed by atoms with Gasteiger partial charge in [0.1, 0.15) is 5.82 Å². The lowest BCUT2D eigenvalue weighted by atomic mass is 10.2. The topological polar surface area (TPSA) is 82.0 Å². The van der Waals surface area contributed by atoms with Gasteiger partial charge in [-0.15, -0.1) is 11.3 Å². The number of nitro groups is 1. The average Bonchev–Trinajstić information content (AvgIpc) is 2.64. The minimum absolute atomic E-state index is 0.0762. The quantitative estimate of drug-likeness (QED) is 0.661. The van der Waals surface area contributed by atoms with Crippen LogP contribution in [-0.2, 0) is 0 Å². The second-order valence-corrected chi connectivity index (χ2v) is 4.68. The van der Waals surface area contributed by atoms with Crippen molar-refractivity contribution in [1.29, 1.82) is 0 Å². The molecule has 0 aliphatic rings. The summed E-state index contributed by atoms with van der Waals surface area (Å²) in [5.74, 6) is 0.241. The molecule has 0 spiro atoms. The SMILES string of the molecule is Nc1ccc([N+](=O)[O-])c(-c2ccc(Cl)s2)n1. The molecule has 0 radical (unpaired) electrons. The van der Waals surface area contributed by atoms with E-state index in [0.29, 0.717) is 9.21 Å². The molecule has 0 fully saturated rings. The molecule has 0 atom stereocenters. The molecule has 2 heterocycles. The molecule has 2 rings (SSSR count). The third-order valence-electron chi connectivity index (χ3n) is 1.90. The van der Waals surface area contributed by atoms with Crippen LogP contribution in [0.4, 0.5) is 11.5 Å². The molecule has 0 amide bonds. The van der Waals surface area contributed by atoms with Crippen LogP contribution < -0.4 is 5.73 Å². The van der Waals surface area contributed by atoms with Crippen molar-refractivity contribution < 1.29 is 4.92 Å². The van der Waals surface area contributed by atoms with Crippen molar-refractivity contribution in [3.63, 3.8) is 0 Å². The van der Waals surface area contributed by atoms with Gasteiger partial charge >= 0.3 is 0 Å². The Morgan fingerprint density at radius 3 is 2.69 bits per heavy atom. The van der Waals surface area contributed by atoms with Crippen molar-refractivity contribution in [1.82, 2.24) is 4.98 Å². The van der Waals surface area contributed by atoms with E-state index in [1.54, 1.807) is 12.1 Å². The molecule has 0 aliphatic heterocycles. The van der Waals surface area contributed by atoms with Gasteiger partial charge in [-0.2, -0.15) is 0 Å². The fourth-order valence-electron chi connectivity index (χ4n) is 1.24. The second-order valence-electron chi connectivity index (χ2n) is 2.96. The summed E-state index contributed by atoms with van der Waals surface area (Å²) in [4.78, 5) is 14.9. The van der Waals surface area contributed by atoms with Crippen molar-refractivity contribution in [3.05, 3.63) is 38.7 Å². The number of hydrogen-bond donors (Lipinski definition) is 1. The summed E-state index contributed by atoms with van der Waals surface area (Å²) in [7, 11) is 0. The summed E-state index contributed by atoms with van der Waals surface area (Å²) in [6, 6.07) is 6.08. The second kappa shape index (κ2) is 4.07. The van der Waals surface area contributed by atoms with Crippen LogP contribution in [0.5, 0.6) is 0 Å². The highest BCUT2D eigenvalue weighted by molar-refractivity contribution is 7.19. The van der Waals surface area contributed by atoms with Gasteiger partial charge in [-0.25, -0.2) is 4.98 Å². The van der Waals surface area contributed by atoms with Gasteiger partial charge in [0.15, 0.2) is 5.69 Å². The third kappa shape index (κ3) is 1.98. The molecule has 0 saturated heterocycles. The summed E-state index contributed by atoms with van der Waals surface area (Å²) in [5.41, 5.74) is 5.69. The van der Waals surface area contributed by atoms with Gasteiger partial charge < -0.3 is 5.73 Å². The Labute approximate surface area is 99.6 Å². The van der Waals surface area contributed by atoms with Gasteiger partial charge in [-0.1, -0.05) is 11.6 Å². The van der Waals surface area contributed by atoms with E-state index in [1.807, 2.05) is 0 Å². The Hall–Kier alpha value is -1.66. The Bertz CT molecular complexity index is 555. The Kier molecular flexibility index (Phi) is 2.76. The van der Waals surface area contributed by atoms with Crippen molar-refractivity contribution in [2.24, 2.45) is 0 Å². The predicted molar refractivity (Wildman–Crippen MR) is 63.6 cm³/mol. The van der Waals surface area contributed by atoms with Gasteiger partial charge in [0, 0.05) is 6.07 Å². The van der Waals surface area contributed by atoms with Crippen molar-refractivity contribution in [3.8, 4) is 10.6 Å². The van der Waals surface area contributed by atoms with E-state index in [1.165, 1.54) is 23.5 Å². The number of halogens is 1. The zero-order valence-electron chi connectivity index (χ0n) is 7.88. The number of nitrogen functional groups attached to an aromatic ring is 1. The van der Waals surface area contributed by atoms with Crippen LogP contribution in [0.3, 0.4) is 0 Å². The molecule has 2 N–H and O–H groups in total. The highest BCUT2D eigenvalue weighted by Crippen LogP contribution is 2.35. The molecule has 0 aliphatic carbocycles. The first-order chi connectivity index (χ1) is 7.58. The molecule has 2 aromatic rings. The maximum Gasteiger partial charge on any atom is 0.296 e. The van der Waals surface area contributed by atoms with E-state index < -0.39 is 4.92 Å². The van der Waals surface area contributed by atoms with Crippen LogP contribution in [0, 0.1) is 10.1 Å². The molecule has 7 heteroatoms. The molecule has 16 heavy (non-hydrogen) atoms. The summed E-state index contributed by atoms with van der Waals surface area (Å²) in [5, 5.41) is 10.8. The molecular formula is C9H6ClN3O2S. The highest BCUT2D eigenvalue weighted by Gasteiger charge is 2.18. The standard InChI is InChI=1S/C9H6ClN3O2S/c10-7-3-2-6(16-7)9-5(13(14)15)1-4-8(11)12-9/h1-4H,(H2,11,12). The maximum atomic E-state index is 10.8. The number of pyridine rings is 1. The van der Waals surface area contributed by atoms with E-state index in [4.69, 9.17) is 17.3 Å². The Morgan fingerprint density at radius 2 is 2.12 bits per heavy atom. The van der Waals surface area contributed by atoms with E-state index in [-0.39, 0.29) is 17.2 Å². The monoisotopic (exact) mass is 255 g/mol. The van der Waals surface area contributed by atoms with Gasteiger partial charge in [-0.05, 0) is 18.2 Å². The highest BCUT2D eigenvalue weighted by atomic mass is 35.5. The maximum absolute atomic E-state index is 10.8. The molecular weight excluding hydrogens is 250 g/mol. The smallest absolute Gasteiger partial charge is 0.296 e. The molecule has 0 unspecified atom stereocenters. The fourth-order valence-corrected chi connectivity index (χ4v) is 2.28. The first-order valence-corrected chi connectivity index (χ1v) is 5.44. The summed E-state index contributed by atoms with van der Waals surface area (Å²) in [6.07, 6.45) is 0. The van der Waals surface area contributed by atoms with E-state index in [9.17, 15) is 10.1 Å². The molecule has 0 bridgehead atoms. The van der Waals surface area contributed by atoms with E-state index >= 15 is 0 Å². The lowest BCUT2D eigenvalue weighted by Crippen LogP contribution is -1.97. The summed E-state index contributed by atoms with van der Waals surface area (Å²) in [6.45, 7) is 0. The fraction of sp³-hybridized carbons (Fsp3) is 0. The number of nitrogens with two attached hydrogens (primary N) is 1. The lowest BCUT2D eigenvalue weighted by Gasteiger charge is -2.00. The van der Waals surface area contributed by atoms with Crippen LogP contribution in [0.25, 0.3) is 10.6 Å². The molecule has 2 aromatic heterocycles. The largest absolute Gasteiger partial charge is 0.384 e. The third-order valence-corrected chi connectivity index (χ3v) is 3.14. The molecule has 0 saturated carbocycles. The Balaban J connectivity index is 2.62. The first kappa shape index (κ1) is 10.8. The van der Waals surface area contributed by atoms with Gasteiger partial charge in [0.25, 0.3) is 5.69 Å². The number of aromatic nitrogens is 1. The summed E-state index contributed by atoms with van der Waals surface area (Å²) < 4.78 is 0.550. The number of thiophene rings is 1. The average molecular weight is 256 g/mol. The van der Waals surface area contributed by atoms with Crippen LogP contribution in [0.1, 0.15) is 0 Å². The first-order valence-electron chi connectivity index (χ1n) is 4.24. The number of hydrogen-bond acceptors (Lipinski definition) is 5. The van der Waals surface area contributed by atoms with Crippen LogP contribution in [0.2, 0.25) is 4.34 Å². The van der Waals surface area contributed by atoms with E-state index in [2.05, 4.69) is 4.98 Å². The van der Waals surface area contributed by atoms with Crippen LogP contribution in [0.15, 0.2) is 24.3 Å². The lowest BCUT2D eigenvalue weighted by molar-refractivity contribution is -0.384. The normalized spacial score (nSPS) is 10.3.